The normalized spacial score (nSPS) is 22.6. The molecule has 0 saturated heterocycles. The molecule has 0 aromatic heterocycles. The van der Waals surface area contributed by atoms with Crippen LogP contribution in [-0.4, -0.2) is 84.2 Å². The second kappa shape index (κ2) is 17.5. The van der Waals surface area contributed by atoms with Gasteiger partial charge in [-0.3, -0.25) is 14.4 Å². The lowest BCUT2D eigenvalue weighted by Crippen LogP contribution is -2.48. The molecule has 2 aliphatic rings. The van der Waals surface area contributed by atoms with Crippen LogP contribution >= 0.6 is 0 Å². The van der Waals surface area contributed by atoms with Gasteiger partial charge in [0.25, 0.3) is 5.91 Å². The zero-order valence-corrected chi connectivity index (χ0v) is 28.1. The first kappa shape index (κ1) is 35.4. The molecule has 3 amide bonds. The van der Waals surface area contributed by atoms with Crippen LogP contribution < -0.4 is 10.1 Å². The molecule has 9 nitrogen and oxygen atoms in total. The van der Waals surface area contributed by atoms with E-state index < -0.39 is 6.04 Å². The summed E-state index contributed by atoms with van der Waals surface area (Å²) in [6.45, 7) is 6.84. The number of fused-ring (bicyclic) bond motifs is 1. The molecule has 1 aliphatic heterocycles. The third-order valence-corrected chi connectivity index (χ3v) is 9.37. The third kappa shape index (κ3) is 10.0. The Bertz CT molecular complexity index is 1280. The van der Waals surface area contributed by atoms with Crippen LogP contribution in [0.2, 0.25) is 0 Å². The molecule has 0 bridgehead atoms. The van der Waals surface area contributed by atoms with Gasteiger partial charge in [-0.05, 0) is 69.7 Å². The Morgan fingerprint density at radius 3 is 2.46 bits per heavy atom. The molecule has 2 aromatic carbocycles. The first-order valence-corrected chi connectivity index (χ1v) is 17.1. The molecule has 4 rings (SSSR count). The van der Waals surface area contributed by atoms with Crippen LogP contribution in [0, 0.1) is 11.8 Å². The molecule has 2 N–H and O–H groups in total. The van der Waals surface area contributed by atoms with Gasteiger partial charge in [-0.15, -0.1) is 0 Å². The number of carbonyl (C=O) groups excluding carboxylic acids is 3. The predicted octanol–water partition coefficient (Wildman–Crippen LogP) is 5.70. The van der Waals surface area contributed by atoms with Crippen molar-refractivity contribution in [2.45, 2.75) is 96.8 Å². The number of nitrogens with zero attached hydrogens (tertiary/aromatic N) is 2. The lowest BCUT2D eigenvalue weighted by Gasteiger charge is -2.36. The molecule has 252 valence electrons. The van der Waals surface area contributed by atoms with Crippen LogP contribution in [0.5, 0.6) is 5.75 Å². The molecule has 1 fully saturated rings. The summed E-state index contributed by atoms with van der Waals surface area (Å²) in [6.07, 6.45) is 7.39. The number of likely N-dealkylation sites (N-methyl/N-ethyl adjacent to an activating group) is 1. The fourth-order valence-corrected chi connectivity index (χ4v) is 6.35. The average Bonchev–Trinajstić information content (AvgIpc) is 3.06. The van der Waals surface area contributed by atoms with E-state index in [1.165, 1.54) is 0 Å². The highest BCUT2D eigenvalue weighted by Gasteiger charge is 2.31. The number of carbonyl (C=O) groups is 3. The molecule has 46 heavy (non-hydrogen) atoms. The van der Waals surface area contributed by atoms with Gasteiger partial charge in [-0.1, -0.05) is 56.5 Å². The van der Waals surface area contributed by atoms with Crippen molar-refractivity contribution in [3.05, 3.63) is 59.7 Å². The second-order valence-corrected chi connectivity index (χ2v) is 13.3. The van der Waals surface area contributed by atoms with Gasteiger partial charge in [-0.2, -0.15) is 0 Å². The van der Waals surface area contributed by atoms with Crippen LogP contribution in [0.1, 0.15) is 88.1 Å². The van der Waals surface area contributed by atoms with Gasteiger partial charge in [0.05, 0.1) is 36.8 Å². The van der Waals surface area contributed by atoms with E-state index in [1.54, 1.807) is 35.0 Å². The summed E-state index contributed by atoms with van der Waals surface area (Å²) >= 11 is 0. The van der Waals surface area contributed by atoms with Crippen molar-refractivity contribution in [1.82, 2.24) is 9.80 Å². The first-order chi connectivity index (χ1) is 22.2. The van der Waals surface area contributed by atoms with Crippen molar-refractivity contribution in [2.75, 3.05) is 38.7 Å². The highest BCUT2D eigenvalue weighted by atomic mass is 16.5. The summed E-state index contributed by atoms with van der Waals surface area (Å²) in [4.78, 5) is 43.9. The number of aliphatic hydroxyl groups excluding tert-OH is 1. The highest BCUT2D eigenvalue weighted by molar-refractivity contribution is 6.00. The van der Waals surface area contributed by atoms with Gasteiger partial charge >= 0.3 is 0 Å². The second-order valence-electron chi connectivity index (χ2n) is 13.3. The van der Waals surface area contributed by atoms with Crippen LogP contribution in [0.25, 0.3) is 0 Å². The summed E-state index contributed by atoms with van der Waals surface area (Å²) in [6, 6.07) is 14.5. The maximum absolute atomic E-state index is 14.4. The van der Waals surface area contributed by atoms with E-state index in [-0.39, 0.29) is 48.4 Å². The van der Waals surface area contributed by atoms with Gasteiger partial charge in [-0.25, -0.2) is 0 Å². The summed E-state index contributed by atoms with van der Waals surface area (Å²) in [5.74, 6) is 0.00468. The minimum absolute atomic E-state index is 0.000710. The Hall–Kier alpha value is -3.43. The van der Waals surface area contributed by atoms with Crippen LogP contribution in [-0.2, 0) is 20.7 Å². The number of hydrogen-bond acceptors (Lipinski definition) is 6. The van der Waals surface area contributed by atoms with Gasteiger partial charge in [0, 0.05) is 44.3 Å². The molecule has 0 unspecified atom stereocenters. The van der Waals surface area contributed by atoms with Crippen LogP contribution in [0.3, 0.4) is 0 Å². The quantitative estimate of drug-likeness (QED) is 0.385. The Kier molecular flexibility index (Phi) is 13.5. The highest BCUT2D eigenvalue weighted by Crippen LogP contribution is 2.30. The molecule has 0 spiro atoms. The SMILES string of the molecule is C[C@H](CO)N1C[C@H](C)[C@@H](CN(C)C(=O)Cc2ccccc2)OCCCC[C@H](C)Oc2ccc(NC(=O)C3CCCCC3)cc2C1=O. The van der Waals surface area contributed by atoms with Gasteiger partial charge in [0.1, 0.15) is 5.75 Å². The molecule has 1 heterocycles. The summed E-state index contributed by atoms with van der Waals surface area (Å²) in [7, 11) is 1.80. The van der Waals surface area contributed by atoms with E-state index in [2.05, 4.69) is 5.32 Å². The molecular weight excluding hydrogens is 582 g/mol. The fourth-order valence-electron chi connectivity index (χ4n) is 6.35. The molecule has 4 atom stereocenters. The number of benzene rings is 2. The largest absolute Gasteiger partial charge is 0.490 e. The van der Waals surface area contributed by atoms with Crippen molar-refractivity contribution in [3.8, 4) is 5.75 Å². The van der Waals surface area contributed by atoms with Crippen molar-refractivity contribution in [3.63, 3.8) is 0 Å². The summed E-state index contributed by atoms with van der Waals surface area (Å²) in [5.41, 5.74) is 1.87. The van der Waals surface area contributed by atoms with Crippen molar-refractivity contribution >= 4 is 23.4 Å². The van der Waals surface area contributed by atoms with E-state index >= 15 is 0 Å². The lowest BCUT2D eigenvalue weighted by molar-refractivity contribution is -0.132. The maximum atomic E-state index is 14.4. The number of rotatable bonds is 8. The number of aliphatic hydroxyl groups is 1. The monoisotopic (exact) mass is 635 g/mol. The van der Waals surface area contributed by atoms with Crippen molar-refractivity contribution in [2.24, 2.45) is 11.8 Å². The Morgan fingerprint density at radius 1 is 1.02 bits per heavy atom. The van der Waals surface area contributed by atoms with Gasteiger partial charge in [0.15, 0.2) is 0 Å². The smallest absolute Gasteiger partial charge is 0.258 e. The van der Waals surface area contributed by atoms with Crippen LogP contribution in [0.15, 0.2) is 48.5 Å². The van der Waals surface area contributed by atoms with Gasteiger partial charge in [0.2, 0.25) is 11.8 Å². The summed E-state index contributed by atoms with van der Waals surface area (Å²) < 4.78 is 12.7. The fraction of sp³-hybridized carbons (Fsp3) is 0.595. The topological polar surface area (TPSA) is 108 Å². The van der Waals surface area contributed by atoms with E-state index in [1.807, 2.05) is 51.1 Å². The van der Waals surface area contributed by atoms with E-state index in [0.29, 0.717) is 43.1 Å². The van der Waals surface area contributed by atoms with E-state index in [9.17, 15) is 19.5 Å². The van der Waals surface area contributed by atoms with E-state index in [4.69, 9.17) is 9.47 Å². The first-order valence-electron chi connectivity index (χ1n) is 17.1. The average molecular weight is 636 g/mol. The van der Waals surface area contributed by atoms with Crippen molar-refractivity contribution < 1.29 is 29.0 Å². The maximum Gasteiger partial charge on any atom is 0.258 e. The van der Waals surface area contributed by atoms with Crippen LogP contribution in [0.4, 0.5) is 5.69 Å². The van der Waals surface area contributed by atoms with Crippen molar-refractivity contribution in [1.29, 1.82) is 0 Å². The number of amides is 3. The molecule has 9 heteroatoms. The lowest BCUT2D eigenvalue weighted by atomic mass is 9.88. The molecule has 0 radical (unpaired) electrons. The number of ether oxygens (including phenoxy) is 2. The predicted molar refractivity (Wildman–Crippen MR) is 180 cm³/mol. The van der Waals surface area contributed by atoms with E-state index in [0.717, 1.165) is 56.9 Å². The standard InChI is InChI=1S/C37H53N3O6/c1-26-23-40(27(2)25-41)37(44)32-22-31(38-36(43)30-16-9-6-10-17-30)18-19-33(32)46-28(3)13-11-12-20-45-34(26)24-39(4)35(42)21-29-14-7-5-8-15-29/h5,7-8,14-15,18-19,22,26-28,30,34,41H,6,9-13,16-17,20-21,23-25H2,1-4H3,(H,38,43)/t26-,27+,28-,34+/m0/s1. The number of nitrogens with one attached hydrogen (secondary N) is 1. The number of hydrogen-bond donors (Lipinski definition) is 2. The zero-order valence-electron chi connectivity index (χ0n) is 28.1. The summed E-state index contributed by atoms with van der Waals surface area (Å²) in [5, 5.41) is 13.3. The molecule has 1 saturated carbocycles. The molecule has 1 aliphatic carbocycles. The Balaban J connectivity index is 1.58. The minimum atomic E-state index is -0.480. The Morgan fingerprint density at radius 2 is 1.74 bits per heavy atom. The third-order valence-electron chi connectivity index (χ3n) is 9.37. The molecular formula is C37H53N3O6. The molecule has 2 aromatic rings. The number of anilines is 1. The zero-order chi connectivity index (χ0) is 33.1. The Labute approximate surface area is 274 Å². The minimum Gasteiger partial charge on any atom is -0.490 e. The van der Waals surface area contributed by atoms with Gasteiger partial charge < -0.3 is 29.7 Å².